The number of esters is 1. The van der Waals surface area contributed by atoms with Crippen molar-refractivity contribution in [3.8, 4) is 0 Å². The van der Waals surface area contributed by atoms with Crippen molar-refractivity contribution >= 4 is 23.6 Å². The number of hydrogen-bond acceptors (Lipinski definition) is 4. The third kappa shape index (κ3) is 2.92. The summed E-state index contributed by atoms with van der Waals surface area (Å²) in [6.07, 6.45) is 0.947. The van der Waals surface area contributed by atoms with Crippen LogP contribution < -0.4 is 0 Å². The van der Waals surface area contributed by atoms with E-state index in [1.807, 2.05) is 17.0 Å². The molecule has 1 amide bonds. The Bertz CT molecular complexity index is 472. The maximum Gasteiger partial charge on any atom is 0.337 e. The second-order valence-corrected chi connectivity index (χ2v) is 5.43. The van der Waals surface area contributed by atoms with Gasteiger partial charge in [0.1, 0.15) is 5.37 Å². The molecule has 19 heavy (non-hydrogen) atoms. The number of carbonyl (C=O) groups is 2. The summed E-state index contributed by atoms with van der Waals surface area (Å²) in [5.74, 6) is 0.379. The second kappa shape index (κ2) is 6.10. The van der Waals surface area contributed by atoms with E-state index in [0.29, 0.717) is 11.3 Å². The first-order valence-corrected chi connectivity index (χ1v) is 7.31. The minimum atomic E-state index is -0.341. The molecule has 2 rings (SSSR count). The number of benzene rings is 1. The van der Waals surface area contributed by atoms with Gasteiger partial charge < -0.3 is 9.64 Å². The number of carbonyl (C=O) groups excluding carboxylic acids is 2. The number of thioether (sulfide) groups is 1. The van der Waals surface area contributed by atoms with Crippen LogP contribution in [0.15, 0.2) is 24.3 Å². The molecular weight excluding hydrogens is 262 g/mol. The van der Waals surface area contributed by atoms with E-state index in [-0.39, 0.29) is 17.3 Å². The smallest absolute Gasteiger partial charge is 0.337 e. The minimum absolute atomic E-state index is 0.0687. The van der Waals surface area contributed by atoms with Crippen molar-refractivity contribution in [2.24, 2.45) is 0 Å². The topological polar surface area (TPSA) is 46.6 Å². The van der Waals surface area contributed by atoms with Crippen LogP contribution in [0.5, 0.6) is 0 Å². The van der Waals surface area contributed by atoms with Gasteiger partial charge in [0.25, 0.3) is 0 Å². The van der Waals surface area contributed by atoms with Gasteiger partial charge in [0.05, 0.1) is 18.4 Å². The molecule has 0 saturated carbocycles. The van der Waals surface area contributed by atoms with Gasteiger partial charge in [0.2, 0.25) is 5.91 Å². The van der Waals surface area contributed by atoms with E-state index in [0.717, 1.165) is 18.5 Å². The first-order chi connectivity index (χ1) is 9.17. The van der Waals surface area contributed by atoms with Gasteiger partial charge in [-0.25, -0.2) is 4.79 Å². The molecular formula is C14H17NO3S. The van der Waals surface area contributed by atoms with E-state index < -0.39 is 0 Å². The standard InChI is InChI=1S/C14H17NO3S/c1-3-8-15-12(16)9-19-13(15)10-4-6-11(7-5-10)14(17)18-2/h4-7,13H,3,8-9H2,1-2H3. The predicted molar refractivity (Wildman–Crippen MR) is 75.0 cm³/mol. The third-order valence-electron chi connectivity index (χ3n) is 3.05. The summed E-state index contributed by atoms with van der Waals surface area (Å²) in [4.78, 5) is 25.1. The largest absolute Gasteiger partial charge is 0.465 e. The normalized spacial score (nSPS) is 18.7. The van der Waals surface area contributed by atoms with Gasteiger partial charge in [-0.1, -0.05) is 19.1 Å². The van der Waals surface area contributed by atoms with E-state index in [9.17, 15) is 9.59 Å². The lowest BCUT2D eigenvalue weighted by molar-refractivity contribution is -0.128. The molecule has 1 aliphatic rings. The van der Waals surface area contributed by atoms with Crippen LogP contribution in [-0.2, 0) is 9.53 Å². The molecule has 1 heterocycles. The van der Waals surface area contributed by atoms with Crippen LogP contribution in [-0.4, -0.2) is 36.2 Å². The Morgan fingerprint density at radius 2 is 2.11 bits per heavy atom. The highest BCUT2D eigenvalue weighted by Crippen LogP contribution is 2.38. The SMILES string of the molecule is CCCN1C(=O)CSC1c1ccc(C(=O)OC)cc1. The van der Waals surface area contributed by atoms with E-state index in [1.54, 1.807) is 23.9 Å². The van der Waals surface area contributed by atoms with E-state index in [1.165, 1.54) is 7.11 Å². The summed E-state index contributed by atoms with van der Waals surface area (Å²) < 4.78 is 4.67. The molecule has 1 saturated heterocycles. The lowest BCUT2D eigenvalue weighted by Crippen LogP contribution is -2.28. The molecule has 1 aromatic rings. The number of nitrogens with zero attached hydrogens (tertiary/aromatic N) is 1. The van der Waals surface area contributed by atoms with Gasteiger partial charge in [0, 0.05) is 6.54 Å². The first kappa shape index (κ1) is 13.9. The maximum absolute atomic E-state index is 11.8. The van der Waals surface area contributed by atoms with E-state index in [4.69, 9.17) is 0 Å². The summed E-state index contributed by atoms with van der Waals surface area (Å²) in [5, 5.41) is 0.0687. The lowest BCUT2D eigenvalue weighted by atomic mass is 10.1. The van der Waals surface area contributed by atoms with Crippen molar-refractivity contribution in [3.05, 3.63) is 35.4 Å². The van der Waals surface area contributed by atoms with E-state index in [2.05, 4.69) is 11.7 Å². The maximum atomic E-state index is 11.8. The van der Waals surface area contributed by atoms with Crippen LogP contribution in [0, 0.1) is 0 Å². The lowest BCUT2D eigenvalue weighted by Gasteiger charge is -2.23. The molecule has 1 aromatic carbocycles. The van der Waals surface area contributed by atoms with Crippen LogP contribution in [0.2, 0.25) is 0 Å². The fourth-order valence-electron chi connectivity index (χ4n) is 2.11. The highest BCUT2D eigenvalue weighted by molar-refractivity contribution is 8.00. The molecule has 4 nitrogen and oxygen atoms in total. The average Bonchev–Trinajstić information content (AvgIpc) is 2.80. The predicted octanol–water partition coefficient (Wildman–Crippen LogP) is 2.46. The number of methoxy groups -OCH3 is 1. The van der Waals surface area contributed by atoms with Crippen LogP contribution in [0.1, 0.15) is 34.6 Å². The highest BCUT2D eigenvalue weighted by Gasteiger charge is 2.31. The third-order valence-corrected chi connectivity index (χ3v) is 4.31. The number of amides is 1. The summed E-state index contributed by atoms with van der Waals surface area (Å²) in [5.41, 5.74) is 1.58. The Morgan fingerprint density at radius 1 is 1.42 bits per heavy atom. The summed E-state index contributed by atoms with van der Waals surface area (Å²) in [6, 6.07) is 7.28. The quantitative estimate of drug-likeness (QED) is 0.794. The fraction of sp³-hybridized carbons (Fsp3) is 0.429. The summed E-state index contributed by atoms with van der Waals surface area (Å²) >= 11 is 1.63. The van der Waals surface area contributed by atoms with Crippen LogP contribution >= 0.6 is 11.8 Å². The van der Waals surface area contributed by atoms with Crippen LogP contribution in [0.3, 0.4) is 0 Å². The molecule has 0 aliphatic carbocycles. The molecule has 1 unspecified atom stereocenters. The number of rotatable bonds is 4. The van der Waals surface area contributed by atoms with Crippen molar-refractivity contribution in [3.63, 3.8) is 0 Å². The van der Waals surface area contributed by atoms with Gasteiger partial charge >= 0.3 is 5.97 Å². The molecule has 1 fully saturated rings. The van der Waals surface area contributed by atoms with Crippen LogP contribution in [0.4, 0.5) is 0 Å². The first-order valence-electron chi connectivity index (χ1n) is 6.26. The second-order valence-electron chi connectivity index (χ2n) is 4.36. The van der Waals surface area contributed by atoms with Gasteiger partial charge in [-0.2, -0.15) is 0 Å². The van der Waals surface area contributed by atoms with Crippen molar-refractivity contribution in [1.82, 2.24) is 4.90 Å². The van der Waals surface area contributed by atoms with Crippen molar-refractivity contribution in [2.75, 3.05) is 19.4 Å². The Balaban J connectivity index is 2.17. The Morgan fingerprint density at radius 3 is 2.68 bits per heavy atom. The zero-order chi connectivity index (χ0) is 13.8. The van der Waals surface area contributed by atoms with Gasteiger partial charge in [-0.05, 0) is 24.1 Å². The number of hydrogen-bond donors (Lipinski definition) is 0. The van der Waals surface area contributed by atoms with Gasteiger partial charge in [-0.15, -0.1) is 11.8 Å². The monoisotopic (exact) mass is 279 g/mol. The molecule has 0 aromatic heterocycles. The Kier molecular flexibility index (Phi) is 4.47. The number of ether oxygens (including phenoxy) is 1. The Labute approximate surface area is 117 Å². The zero-order valence-corrected chi connectivity index (χ0v) is 11.9. The fourth-order valence-corrected chi connectivity index (χ4v) is 3.33. The molecule has 0 N–H and O–H groups in total. The summed E-state index contributed by atoms with van der Waals surface area (Å²) in [7, 11) is 1.37. The minimum Gasteiger partial charge on any atom is -0.465 e. The molecule has 0 bridgehead atoms. The Hall–Kier alpha value is -1.49. The van der Waals surface area contributed by atoms with Crippen molar-refractivity contribution < 1.29 is 14.3 Å². The molecule has 0 radical (unpaired) electrons. The molecule has 0 spiro atoms. The molecule has 102 valence electrons. The van der Waals surface area contributed by atoms with Crippen molar-refractivity contribution in [1.29, 1.82) is 0 Å². The zero-order valence-electron chi connectivity index (χ0n) is 11.1. The highest BCUT2D eigenvalue weighted by atomic mass is 32.2. The molecule has 1 atom stereocenters. The van der Waals surface area contributed by atoms with E-state index >= 15 is 0 Å². The summed E-state index contributed by atoms with van der Waals surface area (Å²) in [6.45, 7) is 2.84. The molecule has 5 heteroatoms. The van der Waals surface area contributed by atoms with Crippen LogP contribution in [0.25, 0.3) is 0 Å². The van der Waals surface area contributed by atoms with Gasteiger partial charge in [-0.3, -0.25) is 4.79 Å². The van der Waals surface area contributed by atoms with Gasteiger partial charge in [0.15, 0.2) is 0 Å². The molecule has 1 aliphatic heterocycles. The van der Waals surface area contributed by atoms with Crippen molar-refractivity contribution in [2.45, 2.75) is 18.7 Å². The average molecular weight is 279 g/mol.